The zero-order chi connectivity index (χ0) is 22.1. The summed E-state index contributed by atoms with van der Waals surface area (Å²) in [4.78, 5) is 25.5. The molecule has 1 aliphatic rings. The molecule has 2 heterocycles. The summed E-state index contributed by atoms with van der Waals surface area (Å²) in [5.74, 6) is 0.949. The number of benzene rings is 2. The molecule has 2 N–H and O–H groups in total. The van der Waals surface area contributed by atoms with E-state index >= 15 is 0 Å². The second-order valence-electron chi connectivity index (χ2n) is 7.77. The number of nitrogens with zero attached hydrogens (tertiary/aromatic N) is 2. The van der Waals surface area contributed by atoms with Crippen LogP contribution in [0.5, 0.6) is 5.75 Å². The number of aromatic nitrogens is 2. The fourth-order valence-corrected chi connectivity index (χ4v) is 3.87. The summed E-state index contributed by atoms with van der Waals surface area (Å²) < 4.78 is 6.90. The van der Waals surface area contributed by atoms with Crippen LogP contribution in [-0.4, -0.2) is 28.7 Å². The summed E-state index contributed by atoms with van der Waals surface area (Å²) in [5, 5.41) is 10.5. The first-order valence-corrected chi connectivity index (χ1v) is 10.3. The van der Waals surface area contributed by atoms with Gasteiger partial charge in [0.25, 0.3) is 5.91 Å². The van der Waals surface area contributed by atoms with Crippen LogP contribution in [0.4, 0.5) is 11.5 Å². The molecule has 4 rings (SSSR count). The van der Waals surface area contributed by atoms with Crippen molar-refractivity contribution in [2.45, 2.75) is 39.7 Å². The van der Waals surface area contributed by atoms with Crippen molar-refractivity contribution in [1.82, 2.24) is 9.78 Å². The topological polar surface area (TPSA) is 85.2 Å². The molecule has 0 saturated heterocycles. The zero-order valence-electron chi connectivity index (χ0n) is 18.2. The normalized spacial score (nSPS) is 14.8. The van der Waals surface area contributed by atoms with Gasteiger partial charge in [0.1, 0.15) is 17.6 Å². The number of carbonyl (C=O) groups is 2. The highest BCUT2D eigenvalue weighted by molar-refractivity contribution is 6.04. The number of methoxy groups -OCH3 is 1. The van der Waals surface area contributed by atoms with Crippen LogP contribution < -0.4 is 15.4 Å². The number of nitrogens with one attached hydrogen (secondary N) is 2. The molecule has 0 saturated carbocycles. The second kappa shape index (κ2) is 8.26. The number of carbonyl (C=O) groups excluding carboxylic acids is 2. The van der Waals surface area contributed by atoms with Gasteiger partial charge >= 0.3 is 0 Å². The van der Waals surface area contributed by atoms with Crippen molar-refractivity contribution in [3.63, 3.8) is 0 Å². The van der Waals surface area contributed by atoms with Gasteiger partial charge in [-0.2, -0.15) is 5.10 Å². The van der Waals surface area contributed by atoms with E-state index in [2.05, 4.69) is 15.7 Å². The first kappa shape index (κ1) is 20.7. The van der Waals surface area contributed by atoms with Crippen molar-refractivity contribution in [1.29, 1.82) is 0 Å². The molecule has 0 spiro atoms. The molecule has 1 atom stereocenters. The molecule has 0 bridgehead atoms. The second-order valence-corrected chi connectivity index (χ2v) is 7.77. The Bertz CT molecular complexity index is 1150. The molecule has 1 unspecified atom stereocenters. The van der Waals surface area contributed by atoms with Crippen LogP contribution in [0.15, 0.2) is 42.5 Å². The molecule has 2 amide bonds. The lowest BCUT2D eigenvalue weighted by atomic mass is 10.0. The van der Waals surface area contributed by atoms with Gasteiger partial charge in [0, 0.05) is 11.3 Å². The van der Waals surface area contributed by atoms with Crippen LogP contribution in [0, 0.1) is 13.8 Å². The van der Waals surface area contributed by atoms with E-state index in [0.717, 1.165) is 39.4 Å². The predicted octanol–water partition coefficient (Wildman–Crippen LogP) is 4.26. The third-order valence-corrected chi connectivity index (χ3v) is 5.58. The lowest BCUT2D eigenvalue weighted by Gasteiger charge is -2.12. The van der Waals surface area contributed by atoms with Crippen LogP contribution in [0.1, 0.15) is 36.2 Å². The Balaban J connectivity index is 1.61. The van der Waals surface area contributed by atoms with E-state index in [1.165, 1.54) is 0 Å². The van der Waals surface area contributed by atoms with Gasteiger partial charge in [-0.25, -0.2) is 4.68 Å². The van der Waals surface area contributed by atoms with Gasteiger partial charge in [-0.1, -0.05) is 31.2 Å². The molecule has 3 aromatic rings. The standard InChI is InChI=1S/C24H26N4O3/c1-5-18-22(16-8-10-17(31-4)11-9-16)23-26-24(30)20(28(23)27-18)13-21(29)25-19-12-14(2)6-7-15(19)3/h6-12,20H,5,13H2,1-4H3,(H,25,29)(H,26,30). The minimum absolute atomic E-state index is 0.0130. The molecule has 1 aliphatic heterocycles. The Kier molecular flexibility index (Phi) is 5.50. The average molecular weight is 418 g/mol. The number of amides is 2. The van der Waals surface area contributed by atoms with Crippen LogP contribution in [0.2, 0.25) is 0 Å². The highest BCUT2D eigenvalue weighted by Crippen LogP contribution is 2.39. The van der Waals surface area contributed by atoms with Gasteiger partial charge in [0.2, 0.25) is 5.91 Å². The Morgan fingerprint density at radius 1 is 1.19 bits per heavy atom. The van der Waals surface area contributed by atoms with E-state index in [1.54, 1.807) is 11.8 Å². The van der Waals surface area contributed by atoms with Crippen molar-refractivity contribution < 1.29 is 14.3 Å². The molecular weight excluding hydrogens is 392 g/mol. The van der Waals surface area contributed by atoms with Crippen LogP contribution in [0.25, 0.3) is 11.1 Å². The van der Waals surface area contributed by atoms with Crippen molar-refractivity contribution in [3.05, 3.63) is 59.3 Å². The lowest BCUT2D eigenvalue weighted by molar-refractivity contribution is -0.123. The van der Waals surface area contributed by atoms with Crippen molar-refractivity contribution in [2.75, 3.05) is 17.7 Å². The number of aryl methyl sites for hydroxylation is 3. The molecule has 7 nitrogen and oxygen atoms in total. The van der Waals surface area contributed by atoms with E-state index in [1.807, 2.05) is 63.2 Å². The maximum Gasteiger partial charge on any atom is 0.251 e. The van der Waals surface area contributed by atoms with E-state index in [0.29, 0.717) is 12.2 Å². The fraction of sp³-hybridized carbons (Fsp3) is 0.292. The number of anilines is 2. The summed E-state index contributed by atoms with van der Waals surface area (Å²) in [6, 6.07) is 12.9. The third-order valence-electron chi connectivity index (χ3n) is 5.58. The predicted molar refractivity (Wildman–Crippen MR) is 120 cm³/mol. The molecule has 31 heavy (non-hydrogen) atoms. The van der Waals surface area contributed by atoms with Gasteiger partial charge < -0.3 is 15.4 Å². The van der Waals surface area contributed by atoms with E-state index in [-0.39, 0.29) is 18.2 Å². The van der Waals surface area contributed by atoms with Crippen molar-refractivity contribution in [2.24, 2.45) is 0 Å². The first-order chi connectivity index (χ1) is 14.9. The summed E-state index contributed by atoms with van der Waals surface area (Å²) in [7, 11) is 1.62. The van der Waals surface area contributed by atoms with Crippen LogP contribution in [0.3, 0.4) is 0 Å². The smallest absolute Gasteiger partial charge is 0.251 e. The summed E-state index contributed by atoms with van der Waals surface area (Å²) >= 11 is 0. The lowest BCUT2D eigenvalue weighted by Crippen LogP contribution is -2.24. The SMILES string of the molecule is CCc1nn2c(c1-c1ccc(OC)cc1)NC(=O)C2CC(=O)Nc1cc(C)ccc1C. The maximum atomic E-state index is 12.7. The quantitative estimate of drug-likeness (QED) is 0.626. The molecule has 0 aliphatic carbocycles. The summed E-state index contributed by atoms with van der Waals surface area (Å²) in [6.07, 6.45) is 0.720. The number of ether oxygens (including phenoxy) is 1. The van der Waals surface area contributed by atoms with Gasteiger partial charge in [0.15, 0.2) is 0 Å². The Hall–Kier alpha value is -3.61. The minimum atomic E-state index is -0.683. The Morgan fingerprint density at radius 2 is 1.94 bits per heavy atom. The van der Waals surface area contributed by atoms with Crippen molar-refractivity contribution >= 4 is 23.3 Å². The highest BCUT2D eigenvalue weighted by atomic mass is 16.5. The monoisotopic (exact) mass is 418 g/mol. The molecule has 7 heteroatoms. The molecular formula is C24H26N4O3. The van der Waals surface area contributed by atoms with Crippen molar-refractivity contribution in [3.8, 4) is 16.9 Å². The summed E-state index contributed by atoms with van der Waals surface area (Å²) in [5.41, 5.74) is 5.50. The van der Waals surface area contributed by atoms with E-state index in [4.69, 9.17) is 4.74 Å². The highest BCUT2D eigenvalue weighted by Gasteiger charge is 2.36. The Labute approximate surface area is 181 Å². The number of hydrogen-bond acceptors (Lipinski definition) is 4. The fourth-order valence-electron chi connectivity index (χ4n) is 3.87. The largest absolute Gasteiger partial charge is 0.497 e. The molecule has 2 aromatic carbocycles. The molecule has 160 valence electrons. The average Bonchev–Trinajstić information content (AvgIpc) is 3.26. The minimum Gasteiger partial charge on any atom is -0.497 e. The summed E-state index contributed by atoms with van der Waals surface area (Å²) in [6.45, 7) is 5.94. The van der Waals surface area contributed by atoms with E-state index in [9.17, 15) is 9.59 Å². The van der Waals surface area contributed by atoms with E-state index < -0.39 is 6.04 Å². The van der Waals surface area contributed by atoms with Gasteiger partial charge in [-0.3, -0.25) is 9.59 Å². The van der Waals surface area contributed by atoms with Crippen LogP contribution >= 0.6 is 0 Å². The molecule has 1 aromatic heterocycles. The van der Waals surface area contributed by atoms with Gasteiger partial charge in [-0.15, -0.1) is 0 Å². The van der Waals surface area contributed by atoms with Crippen LogP contribution in [-0.2, 0) is 16.0 Å². The van der Waals surface area contributed by atoms with Gasteiger partial charge in [0.05, 0.1) is 19.2 Å². The first-order valence-electron chi connectivity index (χ1n) is 10.3. The zero-order valence-corrected chi connectivity index (χ0v) is 18.2. The third kappa shape index (κ3) is 3.91. The van der Waals surface area contributed by atoms with Gasteiger partial charge in [-0.05, 0) is 55.2 Å². The molecule has 0 fully saturated rings. The Morgan fingerprint density at radius 3 is 2.61 bits per heavy atom. The number of fused-ring (bicyclic) bond motifs is 1. The number of hydrogen-bond donors (Lipinski definition) is 2. The molecule has 0 radical (unpaired) electrons. The maximum absolute atomic E-state index is 12.7. The number of rotatable bonds is 6.